The molecule has 0 bridgehead atoms. The van der Waals surface area contributed by atoms with Gasteiger partial charge in [-0.1, -0.05) is 137 Å². The lowest BCUT2D eigenvalue weighted by molar-refractivity contribution is -0.384. The molecule has 6 unspecified atom stereocenters. The minimum atomic E-state index is -1.58. The van der Waals surface area contributed by atoms with Crippen LogP contribution in [0.3, 0.4) is 0 Å². The van der Waals surface area contributed by atoms with Crippen molar-refractivity contribution in [1.82, 2.24) is 4.90 Å². The Morgan fingerprint density at radius 3 is 2.27 bits per heavy atom. The van der Waals surface area contributed by atoms with Gasteiger partial charge in [0.2, 0.25) is 5.79 Å². The Morgan fingerprint density at radius 2 is 1.56 bits per heavy atom. The number of amides is 1. The number of benzene rings is 5. The molecule has 1 heterocycles. The molecule has 2 N–H and O–H groups in total. The van der Waals surface area contributed by atoms with Gasteiger partial charge >= 0.3 is 6.09 Å². The van der Waals surface area contributed by atoms with Crippen LogP contribution in [-0.2, 0) is 27.5 Å². The molecule has 1 saturated carbocycles. The second-order valence-electron chi connectivity index (χ2n) is 21.7. The zero-order chi connectivity index (χ0) is 57.0. The predicted octanol–water partition coefficient (Wildman–Crippen LogP) is 14.8. The second-order valence-corrected chi connectivity index (χ2v) is 21.7. The average Bonchev–Trinajstić information content (AvgIpc) is 1.58. The molecular formula is C66H81N3O12. The maximum Gasteiger partial charge on any atom is 0.410 e. The van der Waals surface area contributed by atoms with Gasteiger partial charge in [-0.2, -0.15) is 0 Å². The number of carbonyl (C=O) groups excluding carboxylic acids is 2. The number of nitro groups is 1. The van der Waals surface area contributed by atoms with E-state index in [0.717, 1.165) is 72.3 Å². The number of rotatable bonds is 33. The van der Waals surface area contributed by atoms with E-state index < -0.39 is 28.8 Å². The van der Waals surface area contributed by atoms with E-state index in [1.54, 1.807) is 41.3 Å². The number of hydrogen-bond acceptors (Lipinski definition) is 13. The highest BCUT2D eigenvalue weighted by Gasteiger charge is 2.66. The van der Waals surface area contributed by atoms with E-state index in [9.17, 15) is 25.1 Å². The van der Waals surface area contributed by atoms with Crippen LogP contribution in [0.5, 0.6) is 23.0 Å². The Bertz CT molecular complexity index is 2940. The molecule has 15 nitrogen and oxygen atoms in total. The minimum absolute atomic E-state index is 0.00713. The summed E-state index contributed by atoms with van der Waals surface area (Å²) < 4.78 is 33.3. The molecule has 432 valence electrons. The number of ether oxygens (including phenoxy) is 5. The molecule has 15 heteroatoms. The number of unbranched alkanes of at least 4 members (excludes halogenated alkanes) is 11. The first-order chi connectivity index (χ1) is 39.7. The summed E-state index contributed by atoms with van der Waals surface area (Å²) in [5, 5.41) is 38.9. The number of aliphatic hydroxyl groups excluding tert-OH is 2. The fraction of sp³-hybridized carbons (Fsp3) is 0.470. The summed E-state index contributed by atoms with van der Waals surface area (Å²) in [7, 11) is 1.51. The Labute approximate surface area is 477 Å². The van der Waals surface area contributed by atoms with Crippen LogP contribution in [0.4, 0.5) is 10.5 Å². The van der Waals surface area contributed by atoms with Gasteiger partial charge in [0.1, 0.15) is 35.6 Å². The SMILES string of the molecule is C=CCOC12Oc3ccc(Oc4ccc(OC)c(C=O)c4)cc3C3C(CCCCO)C(CCCCO)C=C(C(=NOCc4ccc([N+](=O)[O-])cc4)CC1N(Cc1cccc4ccccc14)C(=O)OCCCCCCCCCCCC)C32. The van der Waals surface area contributed by atoms with Gasteiger partial charge in [0, 0.05) is 43.2 Å². The van der Waals surface area contributed by atoms with Crippen molar-refractivity contribution in [3.8, 4) is 23.0 Å². The van der Waals surface area contributed by atoms with E-state index in [-0.39, 0.29) is 69.4 Å². The standard InChI is InChI=1S/C66H81N3O12/c1-4-6-7-8-9-10-11-12-13-20-39-77-65(73)68(44-50-25-21-24-48-22-14-15-26-55(48)50)62-43-59(67-79-46-47-28-30-52(31-29-47)69(74)75)57-41-49(23-16-18-36-70)56(27-17-19-37-71)63-58-42-54(80-53-32-34-60(76-3)51(40-53)45-72)33-35-61(58)81-66(62,64(57)63)78-38-5-2/h5,14-15,21-22,24-26,28-35,40-42,45,49,56,62-64,70-71H,2,4,6-13,16-20,23,27,36-39,43-44,46H2,1,3H3. The molecule has 2 aliphatic carbocycles. The highest BCUT2D eigenvalue weighted by atomic mass is 16.7. The van der Waals surface area contributed by atoms with Gasteiger partial charge < -0.3 is 38.7 Å². The van der Waals surface area contributed by atoms with Crippen molar-refractivity contribution >= 4 is 34.6 Å². The van der Waals surface area contributed by atoms with E-state index in [0.29, 0.717) is 65.5 Å². The summed E-state index contributed by atoms with van der Waals surface area (Å²) >= 11 is 0. The number of non-ortho nitro benzene ring substituents is 1. The third kappa shape index (κ3) is 14.9. The van der Waals surface area contributed by atoms with Crippen LogP contribution in [0.2, 0.25) is 0 Å². The number of aldehydes is 1. The van der Waals surface area contributed by atoms with Crippen LogP contribution in [0.1, 0.15) is 149 Å². The first kappa shape index (κ1) is 60.0. The molecule has 0 radical (unpaired) electrons. The van der Waals surface area contributed by atoms with Gasteiger partial charge in [-0.05, 0) is 120 Å². The van der Waals surface area contributed by atoms with E-state index in [4.69, 9.17) is 33.7 Å². The molecule has 6 atom stereocenters. The van der Waals surface area contributed by atoms with Crippen molar-refractivity contribution in [1.29, 1.82) is 0 Å². The van der Waals surface area contributed by atoms with Crippen LogP contribution in [0.25, 0.3) is 10.8 Å². The Morgan fingerprint density at radius 1 is 0.852 bits per heavy atom. The molecule has 1 aliphatic heterocycles. The number of nitrogens with zero attached hydrogens (tertiary/aromatic N) is 3. The second kappa shape index (κ2) is 30.1. The van der Waals surface area contributed by atoms with Crippen molar-refractivity contribution in [2.75, 3.05) is 33.5 Å². The summed E-state index contributed by atoms with van der Waals surface area (Å²) in [5.41, 5.74) is 4.14. The normalized spacial score (nSPS) is 20.3. The van der Waals surface area contributed by atoms with E-state index >= 15 is 4.79 Å². The van der Waals surface area contributed by atoms with Crippen LogP contribution in [-0.4, -0.2) is 83.5 Å². The largest absolute Gasteiger partial charge is 0.496 e. The Balaban J connectivity index is 1.27. The molecular weight excluding hydrogens is 1030 g/mol. The highest BCUT2D eigenvalue weighted by Crippen LogP contribution is 2.62. The maximum absolute atomic E-state index is 15.5. The van der Waals surface area contributed by atoms with Crippen LogP contribution < -0.4 is 14.2 Å². The molecule has 8 rings (SSSR count). The average molecular weight is 1110 g/mol. The molecule has 0 spiro atoms. The topological polar surface area (TPSA) is 189 Å². The van der Waals surface area contributed by atoms with Gasteiger partial charge in [-0.3, -0.25) is 19.8 Å². The summed E-state index contributed by atoms with van der Waals surface area (Å²) in [4.78, 5) is 46.9. The van der Waals surface area contributed by atoms with Crippen molar-refractivity contribution in [3.63, 3.8) is 0 Å². The zero-order valence-electron chi connectivity index (χ0n) is 47.2. The predicted molar refractivity (Wildman–Crippen MR) is 314 cm³/mol. The number of fused-ring (bicyclic) bond motifs is 3. The molecule has 0 saturated heterocycles. The lowest BCUT2D eigenvalue weighted by atomic mass is 9.55. The third-order valence-corrected chi connectivity index (χ3v) is 16.3. The number of methoxy groups -OCH3 is 1. The van der Waals surface area contributed by atoms with E-state index in [2.05, 4.69) is 37.8 Å². The van der Waals surface area contributed by atoms with Crippen molar-refractivity contribution in [2.24, 2.45) is 22.9 Å². The minimum Gasteiger partial charge on any atom is -0.496 e. The summed E-state index contributed by atoms with van der Waals surface area (Å²) in [6.07, 6.45) is 19.8. The van der Waals surface area contributed by atoms with Gasteiger partial charge in [0.05, 0.1) is 49.0 Å². The summed E-state index contributed by atoms with van der Waals surface area (Å²) in [6, 6.07) is 30.3. The van der Waals surface area contributed by atoms with Crippen LogP contribution in [0.15, 0.2) is 133 Å². The lowest BCUT2D eigenvalue weighted by Gasteiger charge is -2.60. The molecule has 1 fully saturated rings. The van der Waals surface area contributed by atoms with Crippen molar-refractivity contribution < 1.29 is 53.2 Å². The zero-order valence-corrected chi connectivity index (χ0v) is 47.2. The smallest absolute Gasteiger partial charge is 0.410 e. The van der Waals surface area contributed by atoms with Gasteiger partial charge in [-0.15, -0.1) is 6.58 Å². The van der Waals surface area contributed by atoms with Crippen LogP contribution >= 0.6 is 0 Å². The van der Waals surface area contributed by atoms with Crippen LogP contribution in [0, 0.1) is 27.9 Å². The molecule has 5 aromatic rings. The van der Waals surface area contributed by atoms with E-state index in [1.807, 2.05) is 42.5 Å². The summed E-state index contributed by atoms with van der Waals surface area (Å²) in [6.45, 7) is 6.85. The van der Waals surface area contributed by atoms with Gasteiger partial charge in [-0.25, -0.2) is 4.79 Å². The Kier molecular flexibility index (Phi) is 22.3. The Hall–Kier alpha value is -7.07. The number of allylic oxidation sites excluding steroid dienone is 1. The molecule has 0 aromatic heterocycles. The maximum atomic E-state index is 15.5. The fourth-order valence-corrected chi connectivity index (χ4v) is 12.4. The number of hydrogen-bond donors (Lipinski definition) is 2. The highest BCUT2D eigenvalue weighted by molar-refractivity contribution is 6.03. The van der Waals surface area contributed by atoms with Crippen molar-refractivity contribution in [2.45, 2.75) is 147 Å². The number of carbonyl (C=O) groups is 2. The molecule has 5 aromatic carbocycles. The molecule has 1 amide bonds. The van der Waals surface area contributed by atoms with Gasteiger partial charge in [0.15, 0.2) is 6.29 Å². The molecule has 3 aliphatic rings. The monoisotopic (exact) mass is 1110 g/mol. The number of nitro benzene ring substituents is 1. The first-order valence-corrected chi connectivity index (χ1v) is 29.3. The first-order valence-electron chi connectivity index (χ1n) is 29.3. The lowest BCUT2D eigenvalue weighted by Crippen LogP contribution is -2.70. The molecule has 81 heavy (non-hydrogen) atoms. The van der Waals surface area contributed by atoms with E-state index in [1.165, 1.54) is 57.8 Å². The quantitative estimate of drug-likeness (QED) is 0.0133. The van der Waals surface area contributed by atoms with Gasteiger partial charge in [0.25, 0.3) is 5.69 Å². The summed E-state index contributed by atoms with van der Waals surface area (Å²) in [5.74, 6) is -0.821. The van der Waals surface area contributed by atoms with Crippen molar-refractivity contribution in [3.05, 3.63) is 160 Å². The third-order valence-electron chi connectivity index (χ3n) is 16.3. The number of aliphatic hydroxyl groups is 2. The fourth-order valence-electron chi connectivity index (χ4n) is 12.4. The number of oxime groups is 1.